The molecule has 7 nitrogen and oxygen atoms in total. The zero-order valence-corrected chi connectivity index (χ0v) is 18.7. The number of carbonyl (C=O) groups is 1. The number of nitrogens with zero attached hydrogens (tertiary/aromatic N) is 4. The molecule has 0 spiro atoms. The minimum atomic E-state index is -0.352. The second kappa shape index (κ2) is 7.37. The van der Waals surface area contributed by atoms with E-state index in [0.29, 0.717) is 4.91 Å². The number of nitrogens with two attached hydrogens (primary N) is 1. The number of H-pyrrole nitrogens is 1. The van der Waals surface area contributed by atoms with Crippen LogP contribution in [-0.4, -0.2) is 49.7 Å². The molecule has 8 heteroatoms. The summed E-state index contributed by atoms with van der Waals surface area (Å²) in [7, 11) is 0. The van der Waals surface area contributed by atoms with Crippen molar-refractivity contribution in [1.29, 1.82) is 0 Å². The fourth-order valence-electron chi connectivity index (χ4n) is 4.52. The summed E-state index contributed by atoms with van der Waals surface area (Å²) in [4.78, 5) is 24.0. The van der Waals surface area contributed by atoms with Crippen LogP contribution in [0.1, 0.15) is 39.2 Å². The first-order valence-corrected chi connectivity index (χ1v) is 11.4. The first-order valence-electron chi connectivity index (χ1n) is 10.5. The molecule has 3 N–H and O–H groups in total. The average Bonchev–Trinajstić information content (AvgIpc) is 3.40. The number of aromatic nitrogens is 3. The standard InChI is InChI=1S/C23H26N6OS/c1-23(2,3)22-29(12-19(31-22)20(24)30)15-4-5-18-13(9-15)8-14(10-26-18)16-6-7-25-21-17(16)11-27-28-21/h6-12,15,18,22H,4-5H2,1-3H3,(H2,24,30)(H,25,27,28)/t15?,18?,22-/m0/s1. The van der Waals surface area contributed by atoms with Gasteiger partial charge < -0.3 is 10.6 Å². The molecule has 1 amide bonds. The number of fused-ring (bicyclic) bond motifs is 2. The lowest BCUT2D eigenvalue weighted by Gasteiger charge is -2.41. The van der Waals surface area contributed by atoms with Gasteiger partial charge in [0.05, 0.1) is 22.5 Å². The van der Waals surface area contributed by atoms with Gasteiger partial charge in [0.2, 0.25) is 0 Å². The molecule has 3 atom stereocenters. The molecule has 31 heavy (non-hydrogen) atoms. The van der Waals surface area contributed by atoms with Gasteiger partial charge in [0.1, 0.15) is 0 Å². The summed E-state index contributed by atoms with van der Waals surface area (Å²) in [6.07, 6.45) is 14.1. The fourth-order valence-corrected chi connectivity index (χ4v) is 5.75. The van der Waals surface area contributed by atoms with Crippen molar-refractivity contribution in [2.24, 2.45) is 16.1 Å². The van der Waals surface area contributed by atoms with E-state index in [1.165, 1.54) is 5.57 Å². The molecule has 0 bridgehead atoms. The third-order valence-electron chi connectivity index (χ3n) is 6.03. The number of pyridine rings is 1. The highest BCUT2D eigenvalue weighted by Crippen LogP contribution is 2.45. The zero-order chi connectivity index (χ0) is 21.8. The summed E-state index contributed by atoms with van der Waals surface area (Å²) in [5.74, 6) is -0.352. The van der Waals surface area contributed by atoms with Crippen LogP contribution in [0.15, 0.2) is 52.3 Å². The van der Waals surface area contributed by atoms with Crippen molar-refractivity contribution in [1.82, 2.24) is 20.1 Å². The number of primary amides is 1. The molecule has 3 aliphatic rings. The summed E-state index contributed by atoms with van der Waals surface area (Å²) in [6, 6.07) is 2.40. The number of carbonyl (C=O) groups excluding carboxylic acids is 1. The van der Waals surface area contributed by atoms with Gasteiger partial charge in [-0.05, 0) is 41.5 Å². The molecule has 1 aliphatic carbocycles. The first-order chi connectivity index (χ1) is 14.8. The quantitative estimate of drug-likeness (QED) is 0.768. The number of rotatable bonds is 3. The monoisotopic (exact) mass is 434 g/mol. The third-order valence-corrected chi connectivity index (χ3v) is 7.76. The van der Waals surface area contributed by atoms with Gasteiger partial charge >= 0.3 is 0 Å². The SMILES string of the molecule is CC(C)(C)[C@@H]1SC(C(N)=O)=CN1C1C=C2C=C(c3ccnc4[nH]ncc34)C=NC2CC1. The molecule has 0 saturated heterocycles. The molecule has 2 aromatic heterocycles. The number of aromatic amines is 1. The van der Waals surface area contributed by atoms with Gasteiger partial charge in [0.25, 0.3) is 5.91 Å². The second-order valence-electron chi connectivity index (χ2n) is 9.34. The minimum Gasteiger partial charge on any atom is -0.365 e. The van der Waals surface area contributed by atoms with E-state index in [0.717, 1.165) is 35.0 Å². The van der Waals surface area contributed by atoms with Crippen LogP contribution < -0.4 is 5.73 Å². The maximum Gasteiger partial charge on any atom is 0.256 e. The Hall–Kier alpha value is -2.87. The van der Waals surface area contributed by atoms with E-state index in [1.54, 1.807) is 18.0 Å². The highest BCUT2D eigenvalue weighted by Gasteiger charge is 2.40. The molecule has 0 saturated carbocycles. The Morgan fingerprint density at radius 1 is 1.32 bits per heavy atom. The lowest BCUT2D eigenvalue weighted by atomic mass is 9.85. The molecule has 5 rings (SSSR count). The van der Waals surface area contributed by atoms with Crippen molar-refractivity contribution in [2.45, 2.75) is 51.1 Å². The highest BCUT2D eigenvalue weighted by molar-refractivity contribution is 8.04. The highest BCUT2D eigenvalue weighted by atomic mass is 32.2. The molecule has 160 valence electrons. The Morgan fingerprint density at radius 3 is 2.94 bits per heavy atom. The lowest BCUT2D eigenvalue weighted by molar-refractivity contribution is -0.113. The van der Waals surface area contributed by atoms with Gasteiger partial charge in [-0.3, -0.25) is 14.9 Å². The van der Waals surface area contributed by atoms with Gasteiger partial charge in [-0.15, -0.1) is 0 Å². The van der Waals surface area contributed by atoms with Crippen molar-refractivity contribution in [3.63, 3.8) is 0 Å². The smallest absolute Gasteiger partial charge is 0.256 e. The molecule has 0 radical (unpaired) electrons. The van der Waals surface area contributed by atoms with Crippen LogP contribution in [0.25, 0.3) is 16.6 Å². The lowest BCUT2D eigenvalue weighted by Crippen LogP contribution is -2.43. The Kier molecular flexibility index (Phi) is 4.77. The van der Waals surface area contributed by atoms with Gasteiger partial charge in [-0.2, -0.15) is 5.10 Å². The van der Waals surface area contributed by atoms with Crippen LogP contribution in [0.5, 0.6) is 0 Å². The molecule has 2 aliphatic heterocycles. The van der Waals surface area contributed by atoms with E-state index in [-0.39, 0.29) is 28.8 Å². The van der Waals surface area contributed by atoms with Crippen molar-refractivity contribution < 1.29 is 4.79 Å². The number of thioether (sulfide) groups is 1. The third kappa shape index (κ3) is 3.59. The van der Waals surface area contributed by atoms with E-state index in [2.05, 4.69) is 53.0 Å². The molecule has 0 fully saturated rings. The van der Waals surface area contributed by atoms with E-state index >= 15 is 0 Å². The molecule has 4 heterocycles. The predicted molar refractivity (Wildman–Crippen MR) is 125 cm³/mol. The fraction of sp³-hybridized carbons (Fsp3) is 0.391. The Bertz CT molecular complexity index is 1170. The molecular weight excluding hydrogens is 408 g/mol. The van der Waals surface area contributed by atoms with Gasteiger partial charge in [-0.25, -0.2) is 4.98 Å². The molecule has 2 aromatic rings. The summed E-state index contributed by atoms with van der Waals surface area (Å²) >= 11 is 1.58. The van der Waals surface area contributed by atoms with Crippen LogP contribution in [0.2, 0.25) is 0 Å². The van der Waals surface area contributed by atoms with Crippen LogP contribution >= 0.6 is 11.8 Å². The van der Waals surface area contributed by atoms with Crippen LogP contribution in [0, 0.1) is 5.41 Å². The van der Waals surface area contributed by atoms with E-state index in [4.69, 9.17) is 10.7 Å². The minimum absolute atomic E-state index is 0.00334. The Labute approximate surface area is 185 Å². The van der Waals surface area contributed by atoms with Crippen LogP contribution in [0.4, 0.5) is 0 Å². The number of allylic oxidation sites excluding steroid dienone is 1. The van der Waals surface area contributed by atoms with Crippen molar-refractivity contribution in [2.75, 3.05) is 0 Å². The maximum atomic E-state index is 11.9. The average molecular weight is 435 g/mol. The zero-order valence-electron chi connectivity index (χ0n) is 17.9. The molecule has 2 unspecified atom stereocenters. The largest absolute Gasteiger partial charge is 0.365 e. The van der Waals surface area contributed by atoms with E-state index in [9.17, 15) is 4.79 Å². The number of nitrogens with one attached hydrogen (secondary N) is 1. The van der Waals surface area contributed by atoms with Gasteiger partial charge in [0.15, 0.2) is 5.65 Å². The number of aliphatic imine (C=N–C) groups is 1. The van der Waals surface area contributed by atoms with Crippen molar-refractivity contribution >= 4 is 40.5 Å². The van der Waals surface area contributed by atoms with E-state index < -0.39 is 0 Å². The number of dihydropyridines is 1. The topological polar surface area (TPSA) is 100 Å². The van der Waals surface area contributed by atoms with E-state index in [1.807, 2.05) is 24.7 Å². The second-order valence-corrected chi connectivity index (χ2v) is 10.5. The number of hydrogen-bond donors (Lipinski definition) is 2. The Balaban J connectivity index is 1.50. The number of amides is 1. The molecule has 0 aromatic carbocycles. The Morgan fingerprint density at radius 2 is 2.16 bits per heavy atom. The maximum absolute atomic E-state index is 11.9. The van der Waals surface area contributed by atoms with Crippen molar-refractivity contribution in [3.05, 3.63) is 52.9 Å². The molecular formula is C23H26N6OS. The van der Waals surface area contributed by atoms with Gasteiger partial charge in [0, 0.05) is 35.6 Å². The summed E-state index contributed by atoms with van der Waals surface area (Å²) < 4.78 is 0. The van der Waals surface area contributed by atoms with Crippen LogP contribution in [0.3, 0.4) is 0 Å². The number of hydrogen-bond acceptors (Lipinski definition) is 6. The normalized spacial score (nSPS) is 25.8. The van der Waals surface area contributed by atoms with Crippen molar-refractivity contribution in [3.8, 4) is 0 Å². The van der Waals surface area contributed by atoms with Gasteiger partial charge in [-0.1, -0.05) is 38.6 Å². The summed E-state index contributed by atoms with van der Waals surface area (Å²) in [5.41, 5.74) is 9.75. The summed E-state index contributed by atoms with van der Waals surface area (Å²) in [5, 5.41) is 8.21. The summed E-state index contributed by atoms with van der Waals surface area (Å²) in [6.45, 7) is 6.62. The first kappa shape index (κ1) is 20.1. The predicted octanol–water partition coefficient (Wildman–Crippen LogP) is 3.63. The van der Waals surface area contributed by atoms with Crippen LogP contribution in [-0.2, 0) is 4.79 Å².